The monoisotopic (exact) mass is 516 g/mol. The Balaban J connectivity index is 1.39. The smallest absolute Gasteiger partial charge is 0.242 e. The zero-order valence-electron chi connectivity index (χ0n) is 21.9. The second kappa shape index (κ2) is 11.0. The molecule has 8 nitrogen and oxygen atoms in total. The molecule has 1 atom stereocenters. The average molecular weight is 517 g/mol. The van der Waals surface area contributed by atoms with Crippen LogP contribution in [0.2, 0.25) is 0 Å². The molecule has 0 aromatic heterocycles. The third-order valence-corrected chi connectivity index (χ3v) is 7.20. The van der Waals surface area contributed by atoms with E-state index in [9.17, 15) is 9.59 Å². The van der Waals surface area contributed by atoms with Crippen molar-refractivity contribution in [3.63, 3.8) is 0 Å². The summed E-state index contributed by atoms with van der Waals surface area (Å²) in [5, 5.41) is 0. The van der Waals surface area contributed by atoms with E-state index in [1.54, 1.807) is 31.1 Å². The Morgan fingerprint density at radius 1 is 0.947 bits per heavy atom. The van der Waals surface area contributed by atoms with Crippen molar-refractivity contribution in [1.82, 2.24) is 9.80 Å². The van der Waals surface area contributed by atoms with Crippen LogP contribution in [0.4, 0.5) is 0 Å². The van der Waals surface area contributed by atoms with Crippen molar-refractivity contribution in [3.05, 3.63) is 71.8 Å². The number of hydrogen-bond acceptors (Lipinski definition) is 6. The first-order valence-corrected chi connectivity index (χ1v) is 12.7. The Bertz CT molecular complexity index is 1300. The molecule has 38 heavy (non-hydrogen) atoms. The van der Waals surface area contributed by atoms with Gasteiger partial charge in [-0.05, 0) is 35.4 Å². The van der Waals surface area contributed by atoms with Gasteiger partial charge in [0.25, 0.3) is 0 Å². The van der Waals surface area contributed by atoms with Crippen molar-refractivity contribution in [3.8, 4) is 34.1 Å². The Morgan fingerprint density at radius 2 is 1.66 bits per heavy atom. The lowest BCUT2D eigenvalue weighted by Gasteiger charge is -2.24. The van der Waals surface area contributed by atoms with Crippen LogP contribution in [0.15, 0.2) is 60.7 Å². The van der Waals surface area contributed by atoms with Crippen molar-refractivity contribution in [1.29, 1.82) is 0 Å². The number of benzene rings is 3. The van der Waals surface area contributed by atoms with E-state index < -0.39 is 0 Å². The van der Waals surface area contributed by atoms with E-state index in [0.717, 1.165) is 22.3 Å². The number of nitrogens with zero attached hydrogens (tertiary/aromatic N) is 2. The maximum atomic E-state index is 13.4. The molecule has 5 rings (SSSR count). The van der Waals surface area contributed by atoms with Gasteiger partial charge in [0.1, 0.15) is 18.1 Å². The van der Waals surface area contributed by atoms with Crippen LogP contribution in [0, 0.1) is 0 Å². The predicted molar refractivity (Wildman–Crippen MR) is 143 cm³/mol. The molecule has 0 bridgehead atoms. The van der Waals surface area contributed by atoms with Crippen LogP contribution >= 0.6 is 0 Å². The molecular weight excluding hydrogens is 484 g/mol. The van der Waals surface area contributed by atoms with Crippen LogP contribution in [0.25, 0.3) is 11.1 Å². The molecule has 3 aromatic rings. The predicted octanol–water partition coefficient (Wildman–Crippen LogP) is 4.12. The molecule has 2 aliphatic rings. The molecular formula is C30H32N2O6. The van der Waals surface area contributed by atoms with Gasteiger partial charge in [-0.15, -0.1) is 0 Å². The molecule has 8 heteroatoms. The van der Waals surface area contributed by atoms with Crippen molar-refractivity contribution >= 4 is 11.8 Å². The molecule has 0 saturated carbocycles. The van der Waals surface area contributed by atoms with Crippen LogP contribution in [0.1, 0.15) is 23.5 Å². The van der Waals surface area contributed by atoms with Gasteiger partial charge in [0.05, 0.1) is 40.0 Å². The summed E-state index contributed by atoms with van der Waals surface area (Å²) in [7, 11) is 4.83. The highest BCUT2D eigenvalue weighted by Crippen LogP contribution is 2.44. The molecule has 2 amide bonds. The number of amides is 2. The lowest BCUT2D eigenvalue weighted by Crippen LogP contribution is -2.41. The molecule has 1 fully saturated rings. The van der Waals surface area contributed by atoms with E-state index >= 15 is 0 Å². The molecule has 198 valence electrons. The number of ether oxygens (including phenoxy) is 4. The first-order chi connectivity index (χ1) is 18.5. The Morgan fingerprint density at radius 3 is 2.34 bits per heavy atom. The Kier molecular flexibility index (Phi) is 7.40. The van der Waals surface area contributed by atoms with E-state index in [0.29, 0.717) is 55.7 Å². The zero-order valence-corrected chi connectivity index (χ0v) is 21.9. The van der Waals surface area contributed by atoms with E-state index in [4.69, 9.17) is 18.9 Å². The van der Waals surface area contributed by atoms with Gasteiger partial charge >= 0.3 is 0 Å². The second-order valence-electron chi connectivity index (χ2n) is 9.45. The van der Waals surface area contributed by atoms with E-state index in [1.807, 2.05) is 60.7 Å². The first-order valence-electron chi connectivity index (χ1n) is 12.7. The molecule has 2 aliphatic heterocycles. The van der Waals surface area contributed by atoms with Gasteiger partial charge in [0.2, 0.25) is 11.8 Å². The number of carbonyl (C=O) groups is 2. The average Bonchev–Trinajstić information content (AvgIpc) is 3.17. The molecule has 1 unspecified atom stereocenters. The fraction of sp³-hybridized carbons (Fsp3) is 0.333. The minimum absolute atomic E-state index is 0.00546. The van der Waals surface area contributed by atoms with E-state index in [2.05, 4.69) is 0 Å². The molecule has 0 N–H and O–H groups in total. The maximum absolute atomic E-state index is 13.4. The van der Waals surface area contributed by atoms with Gasteiger partial charge in [-0.3, -0.25) is 9.59 Å². The molecule has 0 aliphatic carbocycles. The molecule has 2 heterocycles. The Labute approximate surface area is 222 Å². The van der Waals surface area contributed by atoms with Gasteiger partial charge in [-0.2, -0.15) is 0 Å². The number of carbonyl (C=O) groups excluding carboxylic acids is 2. The van der Waals surface area contributed by atoms with Gasteiger partial charge in [0, 0.05) is 31.0 Å². The van der Waals surface area contributed by atoms with E-state index in [-0.39, 0.29) is 24.3 Å². The lowest BCUT2D eigenvalue weighted by molar-refractivity contribution is -0.138. The quantitative estimate of drug-likeness (QED) is 0.470. The fourth-order valence-electron chi connectivity index (χ4n) is 5.27. The third-order valence-electron chi connectivity index (χ3n) is 7.20. The summed E-state index contributed by atoms with van der Waals surface area (Å²) in [6, 6.07) is 19.5. The number of rotatable bonds is 7. The highest BCUT2D eigenvalue weighted by molar-refractivity contribution is 5.87. The summed E-state index contributed by atoms with van der Waals surface area (Å²) in [6.45, 7) is 1.66. The van der Waals surface area contributed by atoms with Crippen LogP contribution in [0.3, 0.4) is 0 Å². The summed E-state index contributed by atoms with van der Waals surface area (Å²) < 4.78 is 23.0. The minimum atomic E-state index is -0.109. The lowest BCUT2D eigenvalue weighted by atomic mass is 9.99. The standard InChI is InChI=1S/C30H32N2O6/c1-35-24-10-7-11-25(36-2)29(24)21-14-23-18-31(12-13-38-30(23)26(15-21)37-3)28(34)19-32-17-22(16-27(32)33)20-8-5-4-6-9-20/h4-11,14-15,22H,12-13,16-19H2,1-3H3. The first kappa shape index (κ1) is 25.4. The summed E-state index contributed by atoms with van der Waals surface area (Å²) in [5.41, 5.74) is 3.55. The topological polar surface area (TPSA) is 77.5 Å². The Hall–Kier alpha value is -4.20. The number of fused-ring (bicyclic) bond motifs is 1. The zero-order chi connectivity index (χ0) is 26.6. The normalized spacial score (nSPS) is 16.9. The molecule has 0 spiro atoms. The summed E-state index contributed by atoms with van der Waals surface area (Å²) >= 11 is 0. The second-order valence-corrected chi connectivity index (χ2v) is 9.45. The largest absolute Gasteiger partial charge is 0.496 e. The summed E-state index contributed by atoms with van der Waals surface area (Å²) in [5.74, 6) is 2.51. The van der Waals surface area contributed by atoms with Crippen LogP contribution in [-0.2, 0) is 16.1 Å². The third kappa shape index (κ3) is 4.98. The maximum Gasteiger partial charge on any atom is 0.242 e. The number of likely N-dealkylation sites (tertiary alicyclic amines) is 1. The van der Waals surface area contributed by atoms with Crippen molar-refractivity contribution < 1.29 is 28.5 Å². The minimum Gasteiger partial charge on any atom is -0.496 e. The van der Waals surface area contributed by atoms with E-state index in [1.165, 1.54) is 0 Å². The summed E-state index contributed by atoms with van der Waals surface area (Å²) in [6.07, 6.45) is 0.421. The van der Waals surface area contributed by atoms with Crippen LogP contribution in [0.5, 0.6) is 23.0 Å². The van der Waals surface area contributed by atoms with Crippen molar-refractivity contribution in [2.24, 2.45) is 0 Å². The molecule has 0 radical (unpaired) electrons. The fourth-order valence-corrected chi connectivity index (χ4v) is 5.27. The van der Waals surface area contributed by atoms with Crippen molar-refractivity contribution in [2.75, 3.05) is 47.6 Å². The highest BCUT2D eigenvalue weighted by Gasteiger charge is 2.33. The number of methoxy groups -OCH3 is 3. The van der Waals surface area contributed by atoms with Crippen LogP contribution < -0.4 is 18.9 Å². The van der Waals surface area contributed by atoms with Gasteiger partial charge < -0.3 is 28.7 Å². The van der Waals surface area contributed by atoms with Gasteiger partial charge in [-0.25, -0.2) is 0 Å². The van der Waals surface area contributed by atoms with Crippen LogP contribution in [-0.4, -0.2) is 69.2 Å². The SMILES string of the molecule is COc1cc(-c2c(OC)cccc2OC)cc2c1OCCN(C(=O)CN1CC(c3ccccc3)CC1=O)C2. The van der Waals surface area contributed by atoms with Crippen molar-refractivity contribution in [2.45, 2.75) is 18.9 Å². The summed E-state index contributed by atoms with van der Waals surface area (Å²) in [4.78, 5) is 29.6. The molecule has 3 aromatic carbocycles. The molecule has 1 saturated heterocycles. The van der Waals surface area contributed by atoms with Gasteiger partial charge in [0.15, 0.2) is 11.5 Å². The highest BCUT2D eigenvalue weighted by atomic mass is 16.5. The van der Waals surface area contributed by atoms with Gasteiger partial charge in [-0.1, -0.05) is 36.4 Å². The number of hydrogen-bond donors (Lipinski definition) is 0.